The molecule has 5 heteroatoms. The highest BCUT2D eigenvalue weighted by Gasteiger charge is 2.11. The summed E-state index contributed by atoms with van der Waals surface area (Å²) in [5.41, 5.74) is 3.02. The van der Waals surface area contributed by atoms with Crippen LogP contribution in [0.2, 0.25) is 0 Å². The second kappa shape index (κ2) is 4.18. The molecule has 0 spiro atoms. The highest BCUT2D eigenvalue weighted by molar-refractivity contribution is 5.58. The molecule has 1 aliphatic heterocycles. The highest BCUT2D eigenvalue weighted by atomic mass is 16.5. The Morgan fingerprint density at radius 1 is 1.41 bits per heavy atom. The first-order valence-electron chi connectivity index (χ1n) is 5.65. The lowest BCUT2D eigenvalue weighted by Gasteiger charge is -2.06. The van der Waals surface area contributed by atoms with Crippen molar-refractivity contribution in [1.29, 1.82) is 0 Å². The van der Waals surface area contributed by atoms with Crippen molar-refractivity contribution < 1.29 is 4.74 Å². The molecular formula is C12H14N4O. The molecule has 0 bridgehead atoms. The van der Waals surface area contributed by atoms with E-state index in [2.05, 4.69) is 21.5 Å². The molecule has 1 N–H and O–H groups in total. The van der Waals surface area contributed by atoms with Crippen molar-refractivity contribution in [2.24, 2.45) is 7.05 Å². The molecule has 0 saturated carbocycles. The Morgan fingerprint density at radius 2 is 2.35 bits per heavy atom. The molecule has 0 saturated heterocycles. The van der Waals surface area contributed by atoms with E-state index in [1.54, 1.807) is 4.68 Å². The monoisotopic (exact) mass is 230 g/mol. The summed E-state index contributed by atoms with van der Waals surface area (Å²) in [6.07, 6.45) is 3.76. The lowest BCUT2D eigenvalue weighted by molar-refractivity contribution is 0.314. The SMILES string of the molecule is Cn1cc(-c2ccc3c(n2)OCCNC3)cn1. The molecule has 17 heavy (non-hydrogen) atoms. The van der Waals surface area contributed by atoms with Gasteiger partial charge >= 0.3 is 0 Å². The van der Waals surface area contributed by atoms with Crippen LogP contribution >= 0.6 is 0 Å². The van der Waals surface area contributed by atoms with Crippen LogP contribution in [0.25, 0.3) is 11.3 Å². The number of rotatable bonds is 1. The van der Waals surface area contributed by atoms with Crippen molar-refractivity contribution in [3.05, 3.63) is 30.1 Å². The average molecular weight is 230 g/mol. The smallest absolute Gasteiger partial charge is 0.218 e. The topological polar surface area (TPSA) is 52.0 Å². The van der Waals surface area contributed by atoms with E-state index in [1.807, 2.05) is 25.5 Å². The Morgan fingerprint density at radius 3 is 3.18 bits per heavy atom. The van der Waals surface area contributed by atoms with Crippen LogP contribution in [0.5, 0.6) is 5.88 Å². The average Bonchev–Trinajstić information content (AvgIpc) is 2.64. The van der Waals surface area contributed by atoms with Gasteiger partial charge in [0.1, 0.15) is 6.61 Å². The zero-order valence-corrected chi connectivity index (χ0v) is 9.68. The van der Waals surface area contributed by atoms with Gasteiger partial charge in [0, 0.05) is 37.5 Å². The number of fused-ring (bicyclic) bond motifs is 1. The van der Waals surface area contributed by atoms with Crippen molar-refractivity contribution in [1.82, 2.24) is 20.1 Å². The minimum Gasteiger partial charge on any atom is -0.476 e. The fraction of sp³-hybridized carbons (Fsp3) is 0.333. The lowest BCUT2D eigenvalue weighted by Crippen LogP contribution is -2.16. The Hall–Kier alpha value is -1.88. The molecule has 5 nitrogen and oxygen atoms in total. The van der Waals surface area contributed by atoms with Gasteiger partial charge in [-0.1, -0.05) is 6.07 Å². The van der Waals surface area contributed by atoms with Crippen LogP contribution in [0.4, 0.5) is 0 Å². The maximum absolute atomic E-state index is 5.62. The van der Waals surface area contributed by atoms with Crippen LogP contribution in [-0.4, -0.2) is 27.9 Å². The standard InChI is InChI=1S/C12H14N4O/c1-16-8-10(7-14-16)11-3-2-9-6-13-4-5-17-12(9)15-11/h2-3,7-8,13H,4-6H2,1H3. The van der Waals surface area contributed by atoms with E-state index in [4.69, 9.17) is 4.74 Å². The van der Waals surface area contributed by atoms with Crippen molar-refractivity contribution in [3.63, 3.8) is 0 Å². The van der Waals surface area contributed by atoms with Gasteiger partial charge in [0.2, 0.25) is 5.88 Å². The Bertz CT molecular complexity index is 535. The third-order valence-corrected chi connectivity index (χ3v) is 2.77. The number of aryl methyl sites for hydroxylation is 1. The van der Waals surface area contributed by atoms with E-state index in [0.717, 1.165) is 35.8 Å². The predicted molar refractivity (Wildman–Crippen MR) is 63.6 cm³/mol. The molecule has 0 fully saturated rings. The van der Waals surface area contributed by atoms with Crippen LogP contribution in [0.15, 0.2) is 24.5 Å². The van der Waals surface area contributed by atoms with Gasteiger partial charge in [-0.3, -0.25) is 4.68 Å². The Kier molecular flexibility index (Phi) is 2.53. The van der Waals surface area contributed by atoms with Gasteiger partial charge in [-0.2, -0.15) is 5.10 Å². The van der Waals surface area contributed by atoms with E-state index in [9.17, 15) is 0 Å². The summed E-state index contributed by atoms with van der Waals surface area (Å²) in [6.45, 7) is 2.34. The minimum atomic E-state index is 0.663. The van der Waals surface area contributed by atoms with E-state index >= 15 is 0 Å². The first-order valence-corrected chi connectivity index (χ1v) is 5.65. The largest absolute Gasteiger partial charge is 0.476 e. The first kappa shape index (κ1) is 10.3. The number of nitrogens with zero attached hydrogens (tertiary/aromatic N) is 3. The molecule has 0 radical (unpaired) electrons. The predicted octanol–water partition coefficient (Wildman–Crippen LogP) is 0.964. The summed E-state index contributed by atoms with van der Waals surface area (Å²) in [7, 11) is 1.90. The van der Waals surface area contributed by atoms with Crippen molar-refractivity contribution >= 4 is 0 Å². The zero-order valence-electron chi connectivity index (χ0n) is 9.68. The van der Waals surface area contributed by atoms with Crippen LogP contribution in [0, 0.1) is 0 Å². The summed E-state index contributed by atoms with van der Waals surface area (Å²) in [5.74, 6) is 0.733. The molecule has 3 heterocycles. The summed E-state index contributed by atoms with van der Waals surface area (Å²) >= 11 is 0. The minimum absolute atomic E-state index is 0.663. The maximum Gasteiger partial charge on any atom is 0.218 e. The quantitative estimate of drug-likeness (QED) is 0.793. The number of aromatic nitrogens is 3. The van der Waals surface area contributed by atoms with E-state index < -0.39 is 0 Å². The number of ether oxygens (including phenoxy) is 1. The van der Waals surface area contributed by atoms with Crippen LogP contribution in [0.1, 0.15) is 5.56 Å². The van der Waals surface area contributed by atoms with Gasteiger partial charge < -0.3 is 10.1 Å². The maximum atomic E-state index is 5.62. The van der Waals surface area contributed by atoms with Crippen molar-refractivity contribution in [2.75, 3.05) is 13.2 Å². The molecular weight excluding hydrogens is 216 g/mol. The van der Waals surface area contributed by atoms with Crippen LogP contribution < -0.4 is 10.1 Å². The number of nitrogens with one attached hydrogen (secondary N) is 1. The molecule has 0 aromatic carbocycles. The Balaban J connectivity index is 2.00. The van der Waals surface area contributed by atoms with E-state index in [1.165, 1.54) is 0 Å². The van der Waals surface area contributed by atoms with Gasteiger partial charge in [-0.05, 0) is 6.07 Å². The molecule has 1 aliphatic rings. The van der Waals surface area contributed by atoms with E-state index in [-0.39, 0.29) is 0 Å². The van der Waals surface area contributed by atoms with Gasteiger partial charge in [-0.15, -0.1) is 0 Å². The summed E-state index contributed by atoms with van der Waals surface area (Å²) < 4.78 is 7.39. The lowest BCUT2D eigenvalue weighted by atomic mass is 10.2. The highest BCUT2D eigenvalue weighted by Crippen LogP contribution is 2.23. The number of pyridine rings is 1. The van der Waals surface area contributed by atoms with Gasteiger partial charge in [-0.25, -0.2) is 4.98 Å². The molecule has 3 rings (SSSR count). The van der Waals surface area contributed by atoms with Crippen molar-refractivity contribution in [2.45, 2.75) is 6.54 Å². The first-order chi connectivity index (χ1) is 8.33. The second-order valence-corrected chi connectivity index (χ2v) is 4.09. The van der Waals surface area contributed by atoms with Gasteiger partial charge in [0.05, 0.1) is 11.9 Å². The third-order valence-electron chi connectivity index (χ3n) is 2.77. The fourth-order valence-electron chi connectivity index (χ4n) is 1.89. The number of hydrogen-bond acceptors (Lipinski definition) is 4. The van der Waals surface area contributed by atoms with E-state index in [0.29, 0.717) is 6.61 Å². The van der Waals surface area contributed by atoms with Gasteiger partial charge in [0.25, 0.3) is 0 Å². The summed E-state index contributed by atoms with van der Waals surface area (Å²) in [5, 5.41) is 7.43. The molecule has 0 unspecified atom stereocenters. The van der Waals surface area contributed by atoms with Gasteiger partial charge in [0.15, 0.2) is 0 Å². The molecule has 0 atom stereocenters. The fourth-order valence-corrected chi connectivity index (χ4v) is 1.89. The molecule has 88 valence electrons. The van der Waals surface area contributed by atoms with Crippen LogP contribution in [-0.2, 0) is 13.6 Å². The molecule has 0 aliphatic carbocycles. The summed E-state index contributed by atoms with van der Waals surface area (Å²) in [4.78, 5) is 4.54. The normalized spacial score (nSPS) is 14.9. The van der Waals surface area contributed by atoms with Crippen LogP contribution in [0.3, 0.4) is 0 Å². The number of hydrogen-bond donors (Lipinski definition) is 1. The molecule has 2 aromatic rings. The zero-order chi connectivity index (χ0) is 11.7. The Labute approximate surface area is 99.4 Å². The second-order valence-electron chi connectivity index (χ2n) is 4.09. The third kappa shape index (κ3) is 2.01. The summed E-state index contributed by atoms with van der Waals surface area (Å²) in [6, 6.07) is 4.06. The molecule has 0 amide bonds. The molecule has 2 aromatic heterocycles. The van der Waals surface area contributed by atoms with Crippen molar-refractivity contribution in [3.8, 4) is 17.1 Å².